The van der Waals surface area contributed by atoms with E-state index in [4.69, 9.17) is 19.3 Å². The first kappa shape index (κ1) is 17.1. The fraction of sp³-hybridized carbons (Fsp3) is 0.462. The van der Waals surface area contributed by atoms with Crippen molar-refractivity contribution in [3.8, 4) is 17.2 Å². The van der Waals surface area contributed by atoms with Crippen molar-refractivity contribution in [2.75, 3.05) is 32.8 Å². The fourth-order valence-corrected chi connectivity index (χ4v) is 2.28. The number of carbonyl (C=O) groups is 1. The van der Waals surface area contributed by atoms with Gasteiger partial charge in [0.2, 0.25) is 5.75 Å². The summed E-state index contributed by atoms with van der Waals surface area (Å²) >= 11 is 0. The highest BCUT2D eigenvalue weighted by molar-refractivity contribution is 7.90. The minimum atomic E-state index is -3.05. The summed E-state index contributed by atoms with van der Waals surface area (Å²) in [4.78, 5) is 11.0. The molecule has 1 aromatic rings. The van der Waals surface area contributed by atoms with Crippen LogP contribution in [0.5, 0.6) is 17.2 Å². The Balaban J connectivity index is 2.92. The number of carboxylic acids is 1. The molecule has 0 atom stereocenters. The normalized spacial score (nSPS) is 11.0. The molecule has 0 saturated heterocycles. The van der Waals surface area contributed by atoms with Crippen LogP contribution in [0.3, 0.4) is 0 Å². The minimum Gasteiger partial charge on any atom is -0.493 e. The van der Waals surface area contributed by atoms with E-state index in [9.17, 15) is 13.2 Å². The van der Waals surface area contributed by atoms with Gasteiger partial charge in [0.1, 0.15) is 9.84 Å². The molecule has 7 nitrogen and oxygen atoms in total. The molecule has 0 spiro atoms. The molecule has 0 saturated carbocycles. The Labute approximate surface area is 123 Å². The Morgan fingerprint density at radius 1 is 1.19 bits per heavy atom. The number of sulfone groups is 1. The van der Waals surface area contributed by atoms with Gasteiger partial charge in [-0.3, -0.25) is 0 Å². The second kappa shape index (κ2) is 7.16. The van der Waals surface area contributed by atoms with E-state index < -0.39 is 15.8 Å². The predicted octanol–water partition coefficient (Wildman–Crippen LogP) is 1.22. The summed E-state index contributed by atoms with van der Waals surface area (Å²) in [5.74, 6) is -0.434. The van der Waals surface area contributed by atoms with Crippen molar-refractivity contribution in [1.82, 2.24) is 0 Å². The van der Waals surface area contributed by atoms with Gasteiger partial charge in [-0.1, -0.05) is 0 Å². The smallest absolute Gasteiger partial charge is 0.335 e. The quantitative estimate of drug-likeness (QED) is 0.719. The fourth-order valence-electron chi connectivity index (χ4n) is 1.64. The van der Waals surface area contributed by atoms with Gasteiger partial charge in [0.05, 0.1) is 32.1 Å². The molecule has 0 aromatic heterocycles. The van der Waals surface area contributed by atoms with Crippen LogP contribution in [-0.4, -0.2) is 52.3 Å². The predicted molar refractivity (Wildman–Crippen MR) is 76.3 cm³/mol. The molecule has 21 heavy (non-hydrogen) atoms. The number of rotatable bonds is 8. The summed E-state index contributed by atoms with van der Waals surface area (Å²) in [7, 11) is -0.291. The van der Waals surface area contributed by atoms with E-state index in [1.165, 1.54) is 26.4 Å². The molecule has 1 aromatic carbocycles. The monoisotopic (exact) mass is 318 g/mol. The molecule has 8 heteroatoms. The summed E-state index contributed by atoms with van der Waals surface area (Å²) in [5.41, 5.74) is 0.00665. The number of hydrogen-bond donors (Lipinski definition) is 1. The zero-order valence-electron chi connectivity index (χ0n) is 12.1. The van der Waals surface area contributed by atoms with Crippen LogP contribution in [0, 0.1) is 0 Å². The number of carboxylic acid groups (broad SMARTS) is 1. The largest absolute Gasteiger partial charge is 0.493 e. The van der Waals surface area contributed by atoms with Gasteiger partial charge in [-0.25, -0.2) is 13.2 Å². The van der Waals surface area contributed by atoms with Crippen molar-refractivity contribution in [3.05, 3.63) is 17.7 Å². The molecule has 0 aliphatic heterocycles. The van der Waals surface area contributed by atoms with Crippen molar-refractivity contribution >= 4 is 15.8 Å². The second-order valence-electron chi connectivity index (χ2n) is 4.35. The Morgan fingerprint density at radius 3 is 2.10 bits per heavy atom. The first-order chi connectivity index (χ1) is 9.78. The van der Waals surface area contributed by atoms with Crippen molar-refractivity contribution < 1.29 is 32.5 Å². The number of ether oxygens (including phenoxy) is 3. The van der Waals surface area contributed by atoms with Crippen LogP contribution in [0.1, 0.15) is 16.8 Å². The summed E-state index contributed by atoms with van der Waals surface area (Å²) in [6.07, 6.45) is 1.46. The highest BCUT2D eigenvalue weighted by atomic mass is 32.2. The van der Waals surface area contributed by atoms with Crippen LogP contribution in [-0.2, 0) is 9.84 Å². The van der Waals surface area contributed by atoms with Gasteiger partial charge in [-0.2, -0.15) is 0 Å². The Hall–Kier alpha value is -1.96. The molecule has 0 bridgehead atoms. The van der Waals surface area contributed by atoms with Crippen LogP contribution in [0.25, 0.3) is 0 Å². The van der Waals surface area contributed by atoms with Gasteiger partial charge in [0, 0.05) is 6.26 Å². The molecular formula is C13H18O7S. The van der Waals surface area contributed by atoms with Crippen LogP contribution in [0.15, 0.2) is 12.1 Å². The Bertz CT molecular complexity index is 582. The van der Waals surface area contributed by atoms with Gasteiger partial charge in [-0.15, -0.1) is 0 Å². The lowest BCUT2D eigenvalue weighted by molar-refractivity contribution is 0.0696. The van der Waals surface area contributed by atoms with Gasteiger partial charge in [0.25, 0.3) is 0 Å². The summed E-state index contributed by atoms with van der Waals surface area (Å²) in [5, 5.41) is 9.00. The highest BCUT2D eigenvalue weighted by Crippen LogP contribution is 2.38. The van der Waals surface area contributed by atoms with Gasteiger partial charge >= 0.3 is 5.97 Å². The highest BCUT2D eigenvalue weighted by Gasteiger charge is 2.17. The van der Waals surface area contributed by atoms with E-state index >= 15 is 0 Å². The minimum absolute atomic E-state index is 0.00480. The zero-order chi connectivity index (χ0) is 16.0. The van der Waals surface area contributed by atoms with Crippen molar-refractivity contribution in [1.29, 1.82) is 0 Å². The number of aromatic carboxylic acids is 1. The molecule has 0 aliphatic carbocycles. The lowest BCUT2D eigenvalue weighted by atomic mass is 10.2. The van der Waals surface area contributed by atoms with Gasteiger partial charge in [0.15, 0.2) is 11.5 Å². The summed E-state index contributed by atoms with van der Waals surface area (Å²) in [6, 6.07) is 2.63. The van der Waals surface area contributed by atoms with Crippen LogP contribution >= 0.6 is 0 Å². The molecule has 0 unspecified atom stereocenters. The van der Waals surface area contributed by atoms with E-state index in [2.05, 4.69) is 0 Å². The SMILES string of the molecule is COc1cc(C(=O)O)cc(OC)c1OCCCS(C)(=O)=O. The van der Waals surface area contributed by atoms with Gasteiger partial charge < -0.3 is 19.3 Å². The zero-order valence-corrected chi connectivity index (χ0v) is 12.9. The van der Waals surface area contributed by atoms with Crippen LogP contribution in [0.4, 0.5) is 0 Å². The third-order valence-electron chi connectivity index (χ3n) is 2.61. The average Bonchev–Trinajstić information content (AvgIpc) is 2.41. The number of hydrogen-bond acceptors (Lipinski definition) is 6. The van der Waals surface area contributed by atoms with E-state index in [0.29, 0.717) is 6.42 Å². The van der Waals surface area contributed by atoms with E-state index in [1.807, 2.05) is 0 Å². The van der Waals surface area contributed by atoms with E-state index in [1.54, 1.807) is 0 Å². The molecule has 0 fully saturated rings. The maximum absolute atomic E-state index is 11.0. The maximum atomic E-state index is 11.0. The number of methoxy groups -OCH3 is 2. The standard InChI is InChI=1S/C13H18O7S/c1-18-10-7-9(13(14)15)8-11(19-2)12(10)20-5-4-6-21(3,16)17/h7-8H,4-6H2,1-3H3,(H,14,15). The molecule has 0 heterocycles. The first-order valence-corrected chi connectivity index (χ1v) is 8.14. The Kier molecular flexibility index (Phi) is 5.83. The third-order valence-corrected chi connectivity index (χ3v) is 3.64. The lowest BCUT2D eigenvalue weighted by Crippen LogP contribution is -2.09. The van der Waals surface area contributed by atoms with Crippen molar-refractivity contribution in [3.63, 3.8) is 0 Å². The second-order valence-corrected chi connectivity index (χ2v) is 6.61. The van der Waals surface area contributed by atoms with E-state index in [0.717, 1.165) is 6.26 Å². The van der Waals surface area contributed by atoms with Crippen molar-refractivity contribution in [2.45, 2.75) is 6.42 Å². The average molecular weight is 318 g/mol. The van der Waals surface area contributed by atoms with Crippen molar-refractivity contribution in [2.24, 2.45) is 0 Å². The molecule has 118 valence electrons. The van der Waals surface area contributed by atoms with E-state index in [-0.39, 0.29) is 35.2 Å². The molecule has 0 amide bonds. The molecule has 0 aliphatic rings. The maximum Gasteiger partial charge on any atom is 0.335 e. The van der Waals surface area contributed by atoms with Gasteiger partial charge in [-0.05, 0) is 18.6 Å². The Morgan fingerprint density at radius 2 is 1.71 bits per heavy atom. The molecule has 0 radical (unpaired) electrons. The molecule has 1 rings (SSSR count). The topological polar surface area (TPSA) is 99.1 Å². The lowest BCUT2D eigenvalue weighted by Gasteiger charge is -2.15. The summed E-state index contributed by atoms with van der Waals surface area (Å²) in [6.45, 7) is 0.145. The molecular weight excluding hydrogens is 300 g/mol. The van der Waals surface area contributed by atoms with Crippen LogP contribution < -0.4 is 14.2 Å². The first-order valence-electron chi connectivity index (χ1n) is 6.08. The third kappa shape index (κ3) is 5.14. The summed E-state index contributed by atoms with van der Waals surface area (Å²) < 4.78 is 37.7. The molecule has 1 N–H and O–H groups in total. The van der Waals surface area contributed by atoms with Crippen LogP contribution in [0.2, 0.25) is 0 Å². The number of benzene rings is 1.